The fourth-order valence-electron chi connectivity index (χ4n) is 7.53. The van der Waals surface area contributed by atoms with Crippen LogP contribution in [-0.4, -0.2) is 14.5 Å². The van der Waals surface area contributed by atoms with Crippen LogP contribution in [0.1, 0.15) is 0 Å². The molecule has 8 aromatic carbocycles. The number of hydrogen-bond donors (Lipinski definition) is 0. The highest BCUT2D eigenvalue weighted by atomic mass is 15.0. The Balaban J connectivity index is 1.30. The molecule has 3 heteroatoms. The van der Waals surface area contributed by atoms with Crippen molar-refractivity contribution in [2.75, 3.05) is 0 Å². The van der Waals surface area contributed by atoms with E-state index in [1.54, 1.807) is 0 Å². The van der Waals surface area contributed by atoms with E-state index in [2.05, 4.69) is 174 Å². The zero-order valence-corrected chi connectivity index (χ0v) is 26.6. The van der Waals surface area contributed by atoms with E-state index in [1.807, 2.05) is 6.07 Å². The number of benzene rings is 8. The Morgan fingerprint density at radius 1 is 0.367 bits per heavy atom. The third-order valence-electron chi connectivity index (χ3n) is 9.75. The Kier molecular flexibility index (Phi) is 6.18. The van der Waals surface area contributed by atoms with E-state index < -0.39 is 0 Å². The predicted octanol–water partition coefficient (Wildman–Crippen LogP) is 12.0. The smallest absolute Gasteiger partial charge is 0.160 e. The maximum atomic E-state index is 5.35. The molecule has 10 rings (SSSR count). The molecule has 0 aliphatic heterocycles. The first-order valence-electron chi connectivity index (χ1n) is 16.7. The van der Waals surface area contributed by atoms with Crippen LogP contribution in [-0.2, 0) is 0 Å². The zero-order valence-electron chi connectivity index (χ0n) is 26.6. The summed E-state index contributed by atoms with van der Waals surface area (Å²) in [5, 5.41) is 9.65. The lowest BCUT2D eigenvalue weighted by Crippen LogP contribution is -1.98. The number of nitrogens with zero attached hydrogens (tertiary/aromatic N) is 3. The number of aromatic nitrogens is 3. The van der Waals surface area contributed by atoms with Gasteiger partial charge in [0.1, 0.15) is 0 Å². The van der Waals surface area contributed by atoms with Gasteiger partial charge in [0.15, 0.2) is 5.82 Å². The molecule has 0 atom stereocenters. The second-order valence-corrected chi connectivity index (χ2v) is 12.6. The van der Waals surface area contributed by atoms with Crippen molar-refractivity contribution >= 4 is 54.1 Å². The standard InChI is InChI=1S/C46H29N3/c1-3-14-31(15-4-1)46-47-40(33-25-26-39-38-21-11-12-22-42(38)49(43(39)28-33)35-17-5-2-6-18-35)29-41(48-46)45-37-20-10-8-16-32(37)27-34-24-23-30-13-7-9-19-36(30)44(34)45/h1-29H. The summed E-state index contributed by atoms with van der Waals surface area (Å²) in [6.45, 7) is 0. The number of rotatable bonds is 4. The molecule has 0 amide bonds. The van der Waals surface area contributed by atoms with Crippen LogP contribution >= 0.6 is 0 Å². The van der Waals surface area contributed by atoms with Gasteiger partial charge >= 0.3 is 0 Å². The molecule has 10 aromatic rings. The van der Waals surface area contributed by atoms with Crippen LogP contribution in [0.4, 0.5) is 0 Å². The van der Waals surface area contributed by atoms with Gasteiger partial charge in [0.2, 0.25) is 0 Å². The van der Waals surface area contributed by atoms with Crippen LogP contribution in [0.25, 0.3) is 93.7 Å². The van der Waals surface area contributed by atoms with Gasteiger partial charge < -0.3 is 4.57 Å². The summed E-state index contributed by atoms with van der Waals surface area (Å²) in [5.41, 5.74) is 8.42. The third kappa shape index (κ3) is 4.44. The third-order valence-corrected chi connectivity index (χ3v) is 9.75. The largest absolute Gasteiger partial charge is 0.309 e. The van der Waals surface area contributed by atoms with Gasteiger partial charge in [-0.25, -0.2) is 9.97 Å². The van der Waals surface area contributed by atoms with Crippen molar-refractivity contribution in [3.63, 3.8) is 0 Å². The van der Waals surface area contributed by atoms with Crippen LogP contribution in [0.15, 0.2) is 176 Å². The van der Waals surface area contributed by atoms with Gasteiger partial charge in [-0.2, -0.15) is 0 Å². The van der Waals surface area contributed by atoms with Crippen LogP contribution in [0.3, 0.4) is 0 Å². The van der Waals surface area contributed by atoms with Crippen molar-refractivity contribution in [3.8, 4) is 39.6 Å². The van der Waals surface area contributed by atoms with Gasteiger partial charge in [0, 0.05) is 33.2 Å². The molecule has 0 fully saturated rings. The number of hydrogen-bond acceptors (Lipinski definition) is 2. The molecule has 0 aliphatic carbocycles. The average Bonchev–Trinajstić information content (AvgIpc) is 3.51. The van der Waals surface area contributed by atoms with Crippen molar-refractivity contribution in [2.24, 2.45) is 0 Å². The monoisotopic (exact) mass is 623 g/mol. The first-order chi connectivity index (χ1) is 24.3. The Labute approximate surface area is 283 Å². The molecule has 0 saturated heterocycles. The molecule has 0 N–H and O–H groups in total. The Morgan fingerprint density at radius 3 is 1.84 bits per heavy atom. The minimum absolute atomic E-state index is 0.707. The Bertz CT molecular complexity index is 2870. The van der Waals surface area contributed by atoms with Gasteiger partial charge in [0.05, 0.1) is 22.4 Å². The molecule has 0 spiro atoms. The molecule has 0 saturated carbocycles. The van der Waals surface area contributed by atoms with Crippen molar-refractivity contribution in [1.82, 2.24) is 14.5 Å². The fourth-order valence-corrected chi connectivity index (χ4v) is 7.53. The predicted molar refractivity (Wildman–Crippen MR) is 205 cm³/mol. The zero-order chi connectivity index (χ0) is 32.3. The first-order valence-corrected chi connectivity index (χ1v) is 16.7. The molecule has 0 radical (unpaired) electrons. The van der Waals surface area contributed by atoms with Crippen molar-refractivity contribution in [1.29, 1.82) is 0 Å². The summed E-state index contributed by atoms with van der Waals surface area (Å²) >= 11 is 0. The molecule has 0 unspecified atom stereocenters. The lowest BCUT2D eigenvalue weighted by Gasteiger charge is -2.16. The van der Waals surface area contributed by atoms with E-state index >= 15 is 0 Å². The van der Waals surface area contributed by atoms with Gasteiger partial charge in [-0.3, -0.25) is 0 Å². The maximum Gasteiger partial charge on any atom is 0.160 e. The molecule has 2 heterocycles. The normalized spacial score (nSPS) is 11.7. The van der Waals surface area contributed by atoms with Crippen LogP contribution in [0, 0.1) is 0 Å². The van der Waals surface area contributed by atoms with E-state index in [0.29, 0.717) is 5.82 Å². The van der Waals surface area contributed by atoms with E-state index in [4.69, 9.17) is 9.97 Å². The molecule has 2 aromatic heterocycles. The van der Waals surface area contributed by atoms with Crippen molar-refractivity contribution in [2.45, 2.75) is 0 Å². The summed E-state index contributed by atoms with van der Waals surface area (Å²) in [6.07, 6.45) is 0. The first kappa shape index (κ1) is 27.5. The minimum Gasteiger partial charge on any atom is -0.309 e. The fraction of sp³-hybridized carbons (Fsp3) is 0. The van der Waals surface area contributed by atoms with E-state index in [9.17, 15) is 0 Å². The van der Waals surface area contributed by atoms with Crippen LogP contribution in [0.2, 0.25) is 0 Å². The molecule has 0 aliphatic rings. The highest BCUT2D eigenvalue weighted by molar-refractivity contribution is 6.21. The van der Waals surface area contributed by atoms with E-state index in [0.717, 1.165) is 39.3 Å². The second-order valence-electron chi connectivity index (χ2n) is 12.6. The van der Waals surface area contributed by atoms with E-state index in [1.165, 1.54) is 48.6 Å². The maximum absolute atomic E-state index is 5.35. The molecular weight excluding hydrogens is 595 g/mol. The molecule has 228 valence electrons. The molecule has 3 nitrogen and oxygen atoms in total. The average molecular weight is 624 g/mol. The van der Waals surface area contributed by atoms with Gasteiger partial charge in [-0.05, 0) is 68.7 Å². The lowest BCUT2D eigenvalue weighted by atomic mass is 9.90. The lowest BCUT2D eigenvalue weighted by molar-refractivity contribution is 1.17. The summed E-state index contributed by atoms with van der Waals surface area (Å²) in [6, 6.07) is 62.6. The summed E-state index contributed by atoms with van der Waals surface area (Å²) in [5.74, 6) is 0.707. The Morgan fingerprint density at radius 2 is 1.00 bits per heavy atom. The molecular formula is C46H29N3. The number of para-hydroxylation sites is 2. The summed E-state index contributed by atoms with van der Waals surface area (Å²) in [4.78, 5) is 10.6. The van der Waals surface area contributed by atoms with E-state index in [-0.39, 0.29) is 0 Å². The van der Waals surface area contributed by atoms with Crippen molar-refractivity contribution < 1.29 is 0 Å². The Hall–Kier alpha value is -6.58. The number of fused-ring (bicyclic) bond motifs is 7. The highest BCUT2D eigenvalue weighted by Crippen LogP contribution is 2.41. The van der Waals surface area contributed by atoms with Crippen LogP contribution in [0.5, 0.6) is 0 Å². The van der Waals surface area contributed by atoms with Crippen LogP contribution < -0.4 is 0 Å². The minimum atomic E-state index is 0.707. The summed E-state index contributed by atoms with van der Waals surface area (Å²) in [7, 11) is 0. The SMILES string of the molecule is c1ccc(-c2nc(-c3ccc4c5ccccc5n(-c5ccccc5)c4c3)cc(-c3c4ccccc4cc4ccc5ccccc5c34)n2)cc1. The molecule has 0 bridgehead atoms. The topological polar surface area (TPSA) is 30.7 Å². The van der Waals surface area contributed by atoms with Crippen molar-refractivity contribution in [3.05, 3.63) is 176 Å². The van der Waals surface area contributed by atoms with Gasteiger partial charge in [0.25, 0.3) is 0 Å². The highest BCUT2D eigenvalue weighted by Gasteiger charge is 2.19. The summed E-state index contributed by atoms with van der Waals surface area (Å²) < 4.78 is 2.36. The second kappa shape index (κ2) is 11.0. The van der Waals surface area contributed by atoms with Gasteiger partial charge in [-0.1, -0.05) is 140 Å². The quantitative estimate of drug-likeness (QED) is 0.144. The van der Waals surface area contributed by atoms with Gasteiger partial charge in [-0.15, -0.1) is 0 Å². The molecule has 49 heavy (non-hydrogen) atoms.